The minimum Gasteiger partial charge on any atom is -0.507 e. The van der Waals surface area contributed by atoms with E-state index in [1.807, 2.05) is 27.7 Å². The molecule has 1 aromatic carbocycles. The normalized spacial score (nSPS) is 35.1. The van der Waals surface area contributed by atoms with Gasteiger partial charge in [0.05, 0.1) is 29.5 Å². The molecule has 0 radical (unpaired) electrons. The van der Waals surface area contributed by atoms with E-state index in [1.54, 1.807) is 13.8 Å². The van der Waals surface area contributed by atoms with E-state index in [9.17, 15) is 25.2 Å². The Morgan fingerprint density at radius 3 is 2.45 bits per heavy atom. The average molecular weight is 535 g/mol. The Kier molecular flexibility index (Phi) is 7.52. The lowest BCUT2D eigenvalue weighted by atomic mass is 9.53. The zero-order valence-electron chi connectivity index (χ0n) is 24.1. The summed E-state index contributed by atoms with van der Waals surface area (Å²) >= 11 is 0. The molecule has 4 N–H and O–H groups in total. The first-order chi connectivity index (χ1) is 17.5. The number of aliphatic hydroxyl groups is 2. The molecular formula is C30H46O8. The topological polar surface area (TPSA) is 126 Å². The molecule has 1 saturated heterocycles. The maximum absolute atomic E-state index is 11.8. The molecule has 1 aromatic rings. The number of aliphatic hydroxyl groups excluding tert-OH is 1. The molecule has 4 rings (SSSR count). The predicted octanol–water partition coefficient (Wildman–Crippen LogP) is 5.10. The summed E-state index contributed by atoms with van der Waals surface area (Å²) in [6.45, 7) is 14.8. The summed E-state index contributed by atoms with van der Waals surface area (Å²) < 4.78 is 18.6. The molecule has 8 nitrogen and oxygen atoms in total. The van der Waals surface area contributed by atoms with Crippen molar-refractivity contribution < 1.29 is 39.4 Å². The summed E-state index contributed by atoms with van der Waals surface area (Å²) in [5.74, 6) is -1.40. The van der Waals surface area contributed by atoms with Gasteiger partial charge in [0.2, 0.25) is 0 Å². The number of carbonyl (C=O) groups excluding carboxylic acids is 1. The SMILES string of the molecule is CC[C@H](C)[C@H](OC(C)=O)[C@@H](C)c1cc(O)c2c(c1O)O[C@]1(C)CC[C@H]3O[C@@H](C(C)(C)O)CC[C@]3(C)[C@H]1[C@@H]2O. The fraction of sp³-hybridized carbons (Fsp3) is 0.767. The summed E-state index contributed by atoms with van der Waals surface area (Å²) in [6, 6.07) is 1.47. The van der Waals surface area contributed by atoms with Crippen LogP contribution in [0, 0.1) is 17.3 Å². The maximum Gasteiger partial charge on any atom is 0.302 e. The molecule has 0 amide bonds. The van der Waals surface area contributed by atoms with Crippen molar-refractivity contribution >= 4 is 5.97 Å². The molecule has 2 heterocycles. The number of fused-ring (bicyclic) bond motifs is 4. The molecular weight excluding hydrogens is 488 g/mol. The summed E-state index contributed by atoms with van der Waals surface area (Å²) in [6.07, 6.45) is 1.33. The van der Waals surface area contributed by atoms with Gasteiger partial charge in [0.25, 0.3) is 0 Å². The number of esters is 1. The average Bonchev–Trinajstić information content (AvgIpc) is 2.81. The monoisotopic (exact) mass is 534 g/mol. The maximum atomic E-state index is 11.8. The molecule has 0 aromatic heterocycles. The second-order valence-corrected chi connectivity index (χ2v) is 13.0. The molecule has 2 aliphatic heterocycles. The highest BCUT2D eigenvalue weighted by molar-refractivity contribution is 5.66. The highest BCUT2D eigenvalue weighted by Crippen LogP contribution is 2.64. The number of ether oxygens (including phenoxy) is 3. The van der Waals surface area contributed by atoms with Gasteiger partial charge in [0, 0.05) is 29.7 Å². The number of benzene rings is 1. The second kappa shape index (κ2) is 9.86. The van der Waals surface area contributed by atoms with E-state index < -0.39 is 46.6 Å². The number of phenolic OH excluding ortho intramolecular Hbond substituents is 2. The first-order valence-electron chi connectivity index (χ1n) is 14.1. The lowest BCUT2D eigenvalue weighted by molar-refractivity contribution is -0.256. The van der Waals surface area contributed by atoms with Gasteiger partial charge in [-0.15, -0.1) is 0 Å². The van der Waals surface area contributed by atoms with Crippen LogP contribution in [0.3, 0.4) is 0 Å². The van der Waals surface area contributed by atoms with Crippen LogP contribution in [0.5, 0.6) is 17.2 Å². The van der Waals surface area contributed by atoms with Gasteiger partial charge in [-0.1, -0.05) is 34.1 Å². The largest absolute Gasteiger partial charge is 0.507 e. The summed E-state index contributed by atoms with van der Waals surface area (Å²) in [5, 5.41) is 45.1. The summed E-state index contributed by atoms with van der Waals surface area (Å²) in [5.41, 5.74) is -1.64. The van der Waals surface area contributed by atoms with Gasteiger partial charge >= 0.3 is 5.97 Å². The first-order valence-corrected chi connectivity index (χ1v) is 14.1. The van der Waals surface area contributed by atoms with Crippen molar-refractivity contribution in [3.63, 3.8) is 0 Å². The van der Waals surface area contributed by atoms with Crippen LogP contribution in [-0.4, -0.2) is 55.9 Å². The third-order valence-corrected chi connectivity index (χ3v) is 9.81. The number of aromatic hydroxyl groups is 2. The van der Waals surface area contributed by atoms with Crippen molar-refractivity contribution in [2.75, 3.05) is 0 Å². The standard InChI is InChI=1S/C30H46O8/c1-9-15(2)25(36-17(4)31)16(3)18-14-19(32)22-24(34)27-29(7)12-10-20(28(5,6)35)37-21(29)11-13-30(27,8)38-26(22)23(18)33/h14-16,20-21,24-25,27,32-35H,9-13H2,1-8H3/t15-,16-,20+,21+,24+,25-,27+,29-,30+/m0/s1. The van der Waals surface area contributed by atoms with Gasteiger partial charge in [-0.05, 0) is 58.4 Å². The number of carbonyl (C=O) groups is 1. The van der Waals surface area contributed by atoms with Crippen molar-refractivity contribution in [3.05, 3.63) is 17.2 Å². The lowest BCUT2D eigenvalue weighted by Gasteiger charge is -2.61. The van der Waals surface area contributed by atoms with Crippen LogP contribution in [0.1, 0.15) is 111 Å². The van der Waals surface area contributed by atoms with E-state index in [-0.39, 0.29) is 40.9 Å². The minimum absolute atomic E-state index is 0.0223. The van der Waals surface area contributed by atoms with Crippen molar-refractivity contribution in [2.24, 2.45) is 17.3 Å². The Labute approximate surface area is 226 Å². The summed E-state index contributed by atoms with van der Waals surface area (Å²) in [7, 11) is 0. The molecule has 8 heteroatoms. The van der Waals surface area contributed by atoms with E-state index in [2.05, 4.69) is 6.92 Å². The van der Waals surface area contributed by atoms with Crippen LogP contribution in [0.25, 0.3) is 0 Å². The Bertz CT molecular complexity index is 1060. The Hall–Kier alpha value is -2.03. The fourth-order valence-corrected chi connectivity index (χ4v) is 7.49. The third-order valence-electron chi connectivity index (χ3n) is 9.81. The lowest BCUT2D eigenvalue weighted by Crippen LogP contribution is -2.64. The van der Waals surface area contributed by atoms with Crippen LogP contribution in [-0.2, 0) is 14.3 Å². The first kappa shape index (κ1) is 29.0. The van der Waals surface area contributed by atoms with Gasteiger partial charge in [0.15, 0.2) is 11.5 Å². The predicted molar refractivity (Wildman–Crippen MR) is 142 cm³/mol. The molecule has 3 aliphatic rings. The molecule has 1 aliphatic carbocycles. The number of phenols is 2. The van der Waals surface area contributed by atoms with Crippen molar-refractivity contribution in [1.29, 1.82) is 0 Å². The molecule has 0 unspecified atom stereocenters. The van der Waals surface area contributed by atoms with Crippen LogP contribution in [0.15, 0.2) is 6.07 Å². The molecule has 1 saturated carbocycles. The van der Waals surface area contributed by atoms with Crippen LogP contribution < -0.4 is 4.74 Å². The molecule has 2 fully saturated rings. The van der Waals surface area contributed by atoms with Gasteiger partial charge in [-0.25, -0.2) is 0 Å². The quantitative estimate of drug-likeness (QED) is 0.293. The highest BCUT2D eigenvalue weighted by atomic mass is 16.5. The van der Waals surface area contributed by atoms with Crippen molar-refractivity contribution in [1.82, 2.24) is 0 Å². The van der Waals surface area contributed by atoms with Crippen molar-refractivity contribution in [3.8, 4) is 17.2 Å². The molecule has 0 spiro atoms. The van der Waals surface area contributed by atoms with Crippen molar-refractivity contribution in [2.45, 2.75) is 129 Å². The molecule has 9 atom stereocenters. The second-order valence-electron chi connectivity index (χ2n) is 13.0. The minimum atomic E-state index is -1.09. The molecule has 38 heavy (non-hydrogen) atoms. The van der Waals surface area contributed by atoms with Gasteiger partial charge < -0.3 is 34.6 Å². The third kappa shape index (κ3) is 4.66. The zero-order valence-corrected chi connectivity index (χ0v) is 24.1. The van der Waals surface area contributed by atoms with Crippen LogP contribution >= 0.6 is 0 Å². The van der Waals surface area contributed by atoms with E-state index in [0.29, 0.717) is 24.8 Å². The van der Waals surface area contributed by atoms with Crippen LogP contribution in [0.4, 0.5) is 0 Å². The fourth-order valence-electron chi connectivity index (χ4n) is 7.49. The van der Waals surface area contributed by atoms with E-state index in [4.69, 9.17) is 14.2 Å². The van der Waals surface area contributed by atoms with Gasteiger partial charge in [-0.3, -0.25) is 4.79 Å². The highest BCUT2D eigenvalue weighted by Gasteiger charge is 2.63. The Morgan fingerprint density at radius 1 is 1.21 bits per heavy atom. The van der Waals surface area contributed by atoms with Gasteiger partial charge in [-0.2, -0.15) is 0 Å². The van der Waals surface area contributed by atoms with E-state index >= 15 is 0 Å². The number of hydrogen-bond acceptors (Lipinski definition) is 8. The Balaban J connectivity index is 1.74. The molecule has 214 valence electrons. The summed E-state index contributed by atoms with van der Waals surface area (Å²) in [4.78, 5) is 11.8. The Morgan fingerprint density at radius 2 is 1.87 bits per heavy atom. The number of rotatable bonds is 6. The smallest absolute Gasteiger partial charge is 0.302 e. The van der Waals surface area contributed by atoms with E-state index in [1.165, 1.54) is 13.0 Å². The number of hydrogen-bond donors (Lipinski definition) is 4. The van der Waals surface area contributed by atoms with Crippen LogP contribution in [0.2, 0.25) is 0 Å². The molecule has 0 bridgehead atoms. The zero-order chi connectivity index (χ0) is 28.4. The van der Waals surface area contributed by atoms with Gasteiger partial charge in [0.1, 0.15) is 17.5 Å². The van der Waals surface area contributed by atoms with E-state index in [0.717, 1.165) is 12.8 Å².